The van der Waals surface area contributed by atoms with Gasteiger partial charge in [-0.15, -0.1) is 0 Å². The predicted molar refractivity (Wildman–Crippen MR) is 68.5 cm³/mol. The molecule has 0 bridgehead atoms. The van der Waals surface area contributed by atoms with Gasteiger partial charge >= 0.3 is 13.9 Å². The van der Waals surface area contributed by atoms with Gasteiger partial charge in [-0.3, -0.25) is 9.05 Å². The van der Waals surface area contributed by atoms with Crippen LogP contribution in [0.2, 0.25) is 0 Å². The standard InChI is InChI=1S/C7H8O6P2S2/c8-15(17)12-3-1-2-10-14(16)11-6-4-9-5-7-13-15/h1-2,4-7H,3H2/p+1. The molecular weight excluding hydrogens is 306 g/mol. The number of hydrogen-bond donors (Lipinski definition) is 1. The lowest BCUT2D eigenvalue weighted by Crippen LogP contribution is -1.91. The van der Waals surface area contributed by atoms with E-state index in [2.05, 4.69) is 11.8 Å². The maximum atomic E-state index is 9.48. The Kier molecular flexibility index (Phi) is 6.65. The highest BCUT2D eigenvalue weighted by molar-refractivity contribution is 8.07. The van der Waals surface area contributed by atoms with Gasteiger partial charge in [-0.1, -0.05) is 0 Å². The molecule has 10 heteroatoms. The third kappa shape index (κ3) is 7.44. The molecule has 1 heterocycles. The Hall–Kier alpha value is -0.490. The summed E-state index contributed by atoms with van der Waals surface area (Å²) in [6.45, 7) is -3.26. The van der Waals surface area contributed by atoms with E-state index in [1.807, 2.05) is 0 Å². The van der Waals surface area contributed by atoms with Crippen LogP contribution in [0, 0.1) is 0 Å². The van der Waals surface area contributed by atoms with Gasteiger partial charge < -0.3 is 14.2 Å². The average molecular weight is 315 g/mol. The third-order valence-electron chi connectivity index (χ3n) is 1.19. The fourth-order valence-corrected chi connectivity index (χ4v) is 2.16. The number of hydrogen-bond acceptors (Lipinski definition) is 7. The molecule has 0 aromatic rings. The van der Waals surface area contributed by atoms with Gasteiger partial charge in [-0.05, 0) is 6.08 Å². The molecule has 94 valence electrons. The van der Waals surface area contributed by atoms with Crippen molar-refractivity contribution < 1.29 is 27.7 Å². The molecule has 0 saturated heterocycles. The van der Waals surface area contributed by atoms with Crippen molar-refractivity contribution in [1.82, 2.24) is 0 Å². The lowest BCUT2D eigenvalue weighted by molar-refractivity contribution is 0.257. The summed E-state index contributed by atoms with van der Waals surface area (Å²) < 4.78 is 24.4. The van der Waals surface area contributed by atoms with Crippen molar-refractivity contribution in [2.75, 3.05) is 6.61 Å². The van der Waals surface area contributed by atoms with Crippen molar-refractivity contribution >= 4 is 37.5 Å². The Morgan fingerprint density at radius 3 is 2.65 bits per heavy atom. The molecule has 1 aliphatic rings. The van der Waals surface area contributed by atoms with Crippen molar-refractivity contribution in [3.63, 3.8) is 0 Å². The Bertz CT molecular complexity index is 394. The zero-order valence-corrected chi connectivity index (χ0v) is 11.8. The maximum absolute atomic E-state index is 9.48. The molecule has 0 radical (unpaired) electrons. The van der Waals surface area contributed by atoms with Crippen LogP contribution in [-0.2, 0) is 46.4 Å². The molecule has 0 aliphatic carbocycles. The van der Waals surface area contributed by atoms with E-state index in [0.29, 0.717) is 0 Å². The van der Waals surface area contributed by atoms with Crippen molar-refractivity contribution in [3.8, 4) is 0 Å². The molecular formula is C7H9O6P2S2+. The Balaban J connectivity index is 2.61. The predicted octanol–water partition coefficient (Wildman–Crippen LogP) is 2.53. The molecule has 2 atom stereocenters. The highest BCUT2D eigenvalue weighted by atomic mass is 32.5. The molecule has 6 nitrogen and oxygen atoms in total. The molecule has 1 N–H and O–H groups in total. The number of ether oxygens (including phenoxy) is 1. The summed E-state index contributed by atoms with van der Waals surface area (Å²) in [5.41, 5.74) is 0. The second kappa shape index (κ2) is 7.76. The second-order valence-electron chi connectivity index (χ2n) is 2.36. The first kappa shape index (κ1) is 14.6. The maximum Gasteiger partial charge on any atom is 0.625 e. The summed E-state index contributed by atoms with van der Waals surface area (Å²) in [6, 6.07) is 0. The van der Waals surface area contributed by atoms with Crippen molar-refractivity contribution in [1.29, 1.82) is 0 Å². The summed E-state index contributed by atoms with van der Waals surface area (Å²) in [4.78, 5) is 9.48. The highest BCUT2D eigenvalue weighted by Gasteiger charge is 2.14. The van der Waals surface area contributed by atoms with Crippen LogP contribution in [0.1, 0.15) is 0 Å². The molecule has 1 rings (SSSR count). The monoisotopic (exact) mass is 315 g/mol. The summed E-state index contributed by atoms with van der Waals surface area (Å²) in [5, 5.41) is 0. The van der Waals surface area contributed by atoms with Gasteiger partial charge in [0.15, 0.2) is 12.5 Å². The number of rotatable bonds is 0. The first-order chi connectivity index (χ1) is 8.10. The van der Waals surface area contributed by atoms with Crippen LogP contribution in [0.25, 0.3) is 0 Å². The molecule has 17 heavy (non-hydrogen) atoms. The minimum atomic E-state index is -3.29. The van der Waals surface area contributed by atoms with Crippen LogP contribution in [-0.4, -0.2) is 11.5 Å². The molecule has 0 spiro atoms. The van der Waals surface area contributed by atoms with E-state index in [0.717, 1.165) is 12.5 Å². The van der Waals surface area contributed by atoms with E-state index in [-0.39, 0.29) is 6.61 Å². The van der Waals surface area contributed by atoms with Gasteiger partial charge in [0.05, 0.1) is 6.61 Å². The molecule has 0 fully saturated rings. The van der Waals surface area contributed by atoms with Gasteiger partial charge in [0.25, 0.3) is 11.8 Å². The summed E-state index contributed by atoms with van der Waals surface area (Å²) >= 11 is 9.53. The van der Waals surface area contributed by atoms with E-state index in [1.165, 1.54) is 24.9 Å². The Labute approximate surface area is 109 Å². The minimum absolute atomic E-state index is 0.0385. The summed E-state index contributed by atoms with van der Waals surface area (Å²) in [5.74, 6) is 0. The van der Waals surface area contributed by atoms with E-state index in [9.17, 15) is 4.89 Å². The van der Waals surface area contributed by atoms with Crippen LogP contribution in [0.3, 0.4) is 0 Å². The molecule has 2 unspecified atom stereocenters. The minimum Gasteiger partial charge on any atom is -0.466 e. The fourth-order valence-electron chi connectivity index (χ4n) is 0.610. The molecule has 0 amide bonds. The van der Waals surface area contributed by atoms with Gasteiger partial charge in [-0.25, -0.2) is 4.52 Å². The first-order valence-corrected chi connectivity index (χ1v) is 8.95. The van der Waals surface area contributed by atoms with Crippen LogP contribution in [0.5, 0.6) is 0 Å². The molecule has 0 saturated carbocycles. The fraction of sp³-hybridized carbons (Fsp3) is 0.143. The zero-order valence-electron chi connectivity index (χ0n) is 8.37. The van der Waals surface area contributed by atoms with Gasteiger partial charge in [0.1, 0.15) is 18.8 Å². The SMILES string of the molecule is OP1(=S)OC=COC=CO[P+](=S)OC=CCO1. The topological polar surface area (TPSA) is 66.4 Å². The highest BCUT2D eigenvalue weighted by Crippen LogP contribution is 2.43. The smallest absolute Gasteiger partial charge is 0.466 e. The average Bonchev–Trinajstić information content (AvgIpc) is 2.26. The Morgan fingerprint density at radius 1 is 1.12 bits per heavy atom. The second-order valence-corrected chi connectivity index (χ2v) is 6.91. The third-order valence-corrected chi connectivity index (χ3v) is 3.73. The van der Waals surface area contributed by atoms with Crippen LogP contribution in [0.4, 0.5) is 0 Å². The van der Waals surface area contributed by atoms with Crippen LogP contribution >= 0.6 is 13.9 Å². The zero-order chi connectivity index (χ0) is 12.6. The molecule has 1 aliphatic heterocycles. The van der Waals surface area contributed by atoms with Gasteiger partial charge in [0.2, 0.25) is 0 Å². The Morgan fingerprint density at radius 2 is 1.82 bits per heavy atom. The van der Waals surface area contributed by atoms with Crippen molar-refractivity contribution in [2.24, 2.45) is 0 Å². The normalized spacial score (nSPS) is 28.2. The van der Waals surface area contributed by atoms with Crippen molar-refractivity contribution in [2.45, 2.75) is 0 Å². The van der Waals surface area contributed by atoms with Gasteiger partial charge in [0, 0.05) is 11.8 Å². The van der Waals surface area contributed by atoms with Gasteiger partial charge in [-0.2, -0.15) is 0 Å². The quantitative estimate of drug-likeness (QED) is 0.684. The van der Waals surface area contributed by atoms with Crippen LogP contribution < -0.4 is 0 Å². The van der Waals surface area contributed by atoms with E-state index in [1.54, 1.807) is 0 Å². The largest absolute Gasteiger partial charge is 0.625 e. The van der Waals surface area contributed by atoms with E-state index >= 15 is 0 Å². The van der Waals surface area contributed by atoms with Crippen molar-refractivity contribution in [3.05, 3.63) is 37.4 Å². The lowest BCUT2D eigenvalue weighted by atomic mass is 10.7. The summed E-state index contributed by atoms with van der Waals surface area (Å²) in [7, 11) is -1.48. The van der Waals surface area contributed by atoms with E-state index in [4.69, 9.17) is 34.6 Å². The van der Waals surface area contributed by atoms with Crippen LogP contribution in [0.15, 0.2) is 37.4 Å². The molecule has 0 aromatic carbocycles. The first-order valence-electron chi connectivity index (χ1n) is 4.17. The lowest BCUT2D eigenvalue weighted by Gasteiger charge is -2.11. The van der Waals surface area contributed by atoms with E-state index < -0.39 is 13.9 Å². The molecule has 0 aromatic heterocycles. The summed E-state index contributed by atoms with van der Waals surface area (Å²) in [6.07, 6.45) is 7.52.